The van der Waals surface area contributed by atoms with Crippen molar-refractivity contribution in [2.75, 3.05) is 18.5 Å². The van der Waals surface area contributed by atoms with Gasteiger partial charge in [0.25, 0.3) is 5.56 Å². The molecule has 1 N–H and O–H groups in total. The van der Waals surface area contributed by atoms with E-state index < -0.39 is 5.25 Å². The fraction of sp³-hybridized carbons (Fsp3) is 0.318. The van der Waals surface area contributed by atoms with E-state index in [0.717, 1.165) is 0 Å². The van der Waals surface area contributed by atoms with E-state index >= 15 is 0 Å². The van der Waals surface area contributed by atoms with E-state index in [2.05, 4.69) is 10.3 Å². The number of ether oxygens (including phenoxy) is 1. The maximum Gasteiger partial charge on any atom is 0.262 e. The van der Waals surface area contributed by atoms with Crippen molar-refractivity contribution in [2.45, 2.75) is 37.2 Å². The molecule has 3 rings (SSSR count). The second-order valence-corrected chi connectivity index (χ2v) is 8.94. The summed E-state index contributed by atoms with van der Waals surface area (Å²) in [7, 11) is 0. The van der Waals surface area contributed by atoms with Gasteiger partial charge in [-0.2, -0.15) is 0 Å². The van der Waals surface area contributed by atoms with Crippen LogP contribution in [0.2, 0.25) is 10.0 Å². The standard InChI is InChI=1S/C22H23Cl2N3O3S/c1-3-30-12-6-11-27-21(29)16-7-4-5-8-18(16)26-22(27)31-14(2)20(28)25-19-10-9-15(23)13-17(19)24/h4-5,7-10,13-14H,3,6,11-12H2,1-2H3,(H,25,28). The highest BCUT2D eigenvalue weighted by Crippen LogP contribution is 2.28. The van der Waals surface area contributed by atoms with Gasteiger partial charge in [0.1, 0.15) is 0 Å². The first-order valence-corrected chi connectivity index (χ1v) is 11.5. The molecule has 31 heavy (non-hydrogen) atoms. The summed E-state index contributed by atoms with van der Waals surface area (Å²) < 4.78 is 7.02. The number of aromatic nitrogens is 2. The number of anilines is 1. The van der Waals surface area contributed by atoms with Crippen molar-refractivity contribution in [3.05, 3.63) is 62.9 Å². The molecule has 164 valence electrons. The lowest BCUT2D eigenvalue weighted by Gasteiger charge is -2.17. The first kappa shape index (κ1) is 23.6. The molecule has 0 bridgehead atoms. The highest BCUT2D eigenvalue weighted by molar-refractivity contribution is 8.00. The topological polar surface area (TPSA) is 73.2 Å². The van der Waals surface area contributed by atoms with Crippen LogP contribution in [0.25, 0.3) is 10.9 Å². The van der Waals surface area contributed by atoms with E-state index in [1.165, 1.54) is 11.8 Å². The van der Waals surface area contributed by atoms with Crippen LogP contribution in [0.1, 0.15) is 20.3 Å². The van der Waals surface area contributed by atoms with Gasteiger partial charge in [0.2, 0.25) is 5.91 Å². The van der Waals surface area contributed by atoms with Gasteiger partial charge in [0.15, 0.2) is 5.16 Å². The molecule has 0 saturated heterocycles. The van der Waals surface area contributed by atoms with Gasteiger partial charge in [-0.05, 0) is 50.6 Å². The van der Waals surface area contributed by atoms with Crippen LogP contribution in [0.4, 0.5) is 5.69 Å². The van der Waals surface area contributed by atoms with Crippen LogP contribution in [-0.4, -0.2) is 33.9 Å². The summed E-state index contributed by atoms with van der Waals surface area (Å²) in [6.45, 7) is 5.31. The summed E-state index contributed by atoms with van der Waals surface area (Å²) in [4.78, 5) is 30.5. The minimum absolute atomic E-state index is 0.127. The summed E-state index contributed by atoms with van der Waals surface area (Å²) in [6, 6.07) is 12.1. The normalized spacial score (nSPS) is 12.1. The molecule has 1 atom stereocenters. The fourth-order valence-corrected chi connectivity index (χ4v) is 4.33. The van der Waals surface area contributed by atoms with E-state index in [1.807, 2.05) is 19.1 Å². The Morgan fingerprint density at radius 1 is 1.26 bits per heavy atom. The van der Waals surface area contributed by atoms with Crippen molar-refractivity contribution in [1.82, 2.24) is 9.55 Å². The molecule has 6 nitrogen and oxygen atoms in total. The third-order valence-electron chi connectivity index (χ3n) is 4.54. The molecule has 0 aliphatic heterocycles. The Labute approximate surface area is 194 Å². The zero-order chi connectivity index (χ0) is 22.4. The largest absolute Gasteiger partial charge is 0.382 e. The molecule has 9 heteroatoms. The van der Waals surface area contributed by atoms with Crippen molar-refractivity contribution in [2.24, 2.45) is 0 Å². The lowest BCUT2D eigenvalue weighted by molar-refractivity contribution is -0.115. The molecule has 1 aromatic heterocycles. The summed E-state index contributed by atoms with van der Waals surface area (Å²) in [6.07, 6.45) is 0.669. The van der Waals surface area contributed by atoms with Gasteiger partial charge >= 0.3 is 0 Å². The number of hydrogen-bond donors (Lipinski definition) is 1. The van der Waals surface area contributed by atoms with Crippen molar-refractivity contribution < 1.29 is 9.53 Å². The second kappa shape index (κ2) is 11.0. The summed E-state index contributed by atoms with van der Waals surface area (Å²) in [5.41, 5.74) is 0.950. The Kier molecular flexibility index (Phi) is 8.37. The summed E-state index contributed by atoms with van der Waals surface area (Å²) >= 11 is 13.3. The lowest BCUT2D eigenvalue weighted by atomic mass is 10.2. The van der Waals surface area contributed by atoms with E-state index in [-0.39, 0.29) is 11.5 Å². The van der Waals surface area contributed by atoms with Gasteiger partial charge in [-0.15, -0.1) is 0 Å². The van der Waals surface area contributed by atoms with Crippen molar-refractivity contribution in [1.29, 1.82) is 0 Å². The van der Waals surface area contributed by atoms with E-state index in [9.17, 15) is 9.59 Å². The number of carbonyl (C=O) groups excluding carboxylic acids is 1. The first-order chi connectivity index (χ1) is 14.9. The number of rotatable bonds is 9. The average Bonchev–Trinajstić information content (AvgIpc) is 2.75. The molecule has 3 aromatic rings. The van der Waals surface area contributed by atoms with Gasteiger partial charge < -0.3 is 10.1 Å². The van der Waals surface area contributed by atoms with Gasteiger partial charge in [-0.25, -0.2) is 4.98 Å². The third-order valence-corrected chi connectivity index (χ3v) is 6.18. The molecule has 0 aliphatic rings. The van der Waals surface area contributed by atoms with E-state index in [0.29, 0.717) is 58.0 Å². The number of nitrogens with zero attached hydrogens (tertiary/aromatic N) is 2. The molecule has 1 heterocycles. The molecule has 0 radical (unpaired) electrons. The number of para-hydroxylation sites is 1. The zero-order valence-electron chi connectivity index (χ0n) is 17.2. The Balaban J connectivity index is 1.84. The molecule has 0 saturated carbocycles. The van der Waals surface area contributed by atoms with Crippen molar-refractivity contribution >= 4 is 57.5 Å². The van der Waals surface area contributed by atoms with Crippen molar-refractivity contribution in [3.63, 3.8) is 0 Å². The third kappa shape index (κ3) is 6.01. The smallest absolute Gasteiger partial charge is 0.262 e. The predicted molar refractivity (Wildman–Crippen MR) is 128 cm³/mol. The van der Waals surface area contributed by atoms with Gasteiger partial charge in [0.05, 0.1) is 26.9 Å². The maximum atomic E-state index is 13.1. The monoisotopic (exact) mass is 479 g/mol. The lowest BCUT2D eigenvalue weighted by Crippen LogP contribution is -2.27. The van der Waals surface area contributed by atoms with Crippen LogP contribution in [0.15, 0.2) is 52.4 Å². The molecular formula is C22H23Cl2N3O3S. The number of amides is 1. The van der Waals surface area contributed by atoms with Gasteiger partial charge in [-0.1, -0.05) is 47.1 Å². The zero-order valence-corrected chi connectivity index (χ0v) is 19.6. The van der Waals surface area contributed by atoms with Crippen LogP contribution < -0.4 is 10.9 Å². The first-order valence-electron chi connectivity index (χ1n) is 9.90. The summed E-state index contributed by atoms with van der Waals surface area (Å²) in [5.74, 6) is -0.252. The highest BCUT2D eigenvalue weighted by atomic mass is 35.5. The minimum atomic E-state index is -0.516. The minimum Gasteiger partial charge on any atom is -0.382 e. The van der Waals surface area contributed by atoms with Crippen LogP contribution in [0.5, 0.6) is 0 Å². The quantitative estimate of drug-likeness (QED) is 0.257. The Bertz CT molecular complexity index is 1140. The Morgan fingerprint density at radius 2 is 2.03 bits per heavy atom. The van der Waals surface area contributed by atoms with E-state index in [1.54, 1.807) is 41.8 Å². The second-order valence-electron chi connectivity index (χ2n) is 6.79. The molecule has 1 unspecified atom stereocenters. The number of halogens is 2. The fourth-order valence-electron chi connectivity index (χ4n) is 2.94. The van der Waals surface area contributed by atoms with Crippen LogP contribution >= 0.6 is 35.0 Å². The van der Waals surface area contributed by atoms with Gasteiger partial charge in [-0.3, -0.25) is 14.2 Å². The van der Waals surface area contributed by atoms with Crippen molar-refractivity contribution in [3.8, 4) is 0 Å². The molecule has 0 aliphatic carbocycles. The van der Waals surface area contributed by atoms with Crippen LogP contribution in [0.3, 0.4) is 0 Å². The number of hydrogen-bond acceptors (Lipinski definition) is 5. The predicted octanol–water partition coefficient (Wildman–Crippen LogP) is 5.25. The molecule has 0 fully saturated rings. The summed E-state index contributed by atoms with van der Waals surface area (Å²) in [5, 5.41) is 4.17. The Hall–Kier alpha value is -2.06. The number of thioether (sulfide) groups is 1. The SMILES string of the molecule is CCOCCCn1c(SC(C)C(=O)Nc2ccc(Cl)cc2Cl)nc2ccccc2c1=O. The molecule has 2 aromatic carbocycles. The number of carbonyl (C=O) groups is 1. The number of fused-ring (bicyclic) bond motifs is 1. The molecular weight excluding hydrogens is 457 g/mol. The molecule has 1 amide bonds. The number of nitrogens with one attached hydrogen (secondary N) is 1. The molecule has 0 spiro atoms. The van der Waals surface area contributed by atoms with Gasteiger partial charge in [0, 0.05) is 24.8 Å². The van der Waals surface area contributed by atoms with Crippen LogP contribution in [-0.2, 0) is 16.1 Å². The van der Waals surface area contributed by atoms with Crippen LogP contribution in [0, 0.1) is 0 Å². The Morgan fingerprint density at radius 3 is 2.77 bits per heavy atom. The number of benzene rings is 2. The highest BCUT2D eigenvalue weighted by Gasteiger charge is 2.20. The maximum absolute atomic E-state index is 13.1. The average molecular weight is 480 g/mol. The van der Waals surface area contributed by atoms with E-state index in [4.69, 9.17) is 27.9 Å².